The summed E-state index contributed by atoms with van der Waals surface area (Å²) in [5.41, 5.74) is 24.8. The molecule has 0 spiro atoms. The van der Waals surface area contributed by atoms with E-state index in [9.17, 15) is 0 Å². The number of aryl methyl sites for hydroxylation is 3. The van der Waals surface area contributed by atoms with Gasteiger partial charge in [-0.25, -0.2) is 0 Å². The molecule has 0 fully saturated rings. The number of nitrogens with zero attached hydrogens (tertiary/aromatic N) is 3. The van der Waals surface area contributed by atoms with Gasteiger partial charge in [-0.05, 0) is 173 Å². The summed E-state index contributed by atoms with van der Waals surface area (Å²) < 4.78 is 7.13. The van der Waals surface area contributed by atoms with Crippen molar-refractivity contribution < 1.29 is 0 Å². The van der Waals surface area contributed by atoms with Gasteiger partial charge in [0.05, 0.1) is 33.1 Å². The van der Waals surface area contributed by atoms with Crippen molar-refractivity contribution in [2.45, 2.75) is 20.8 Å². The zero-order chi connectivity index (χ0) is 52.3. The van der Waals surface area contributed by atoms with E-state index >= 15 is 0 Å². The van der Waals surface area contributed by atoms with Crippen molar-refractivity contribution >= 4 is 65.4 Å². The molecular weight excluding hydrogens is 943 g/mol. The van der Waals surface area contributed by atoms with Gasteiger partial charge in [-0.3, -0.25) is 0 Å². The lowest BCUT2D eigenvalue weighted by molar-refractivity contribution is 1.18. The molecule has 3 nitrogen and oxygen atoms in total. The average molecular weight is 998 g/mol. The molecule has 15 aromatic rings. The van der Waals surface area contributed by atoms with Gasteiger partial charge in [0.15, 0.2) is 0 Å². The maximum absolute atomic E-state index is 2.39. The molecular formula is C75H55N3. The maximum atomic E-state index is 2.39. The van der Waals surface area contributed by atoms with Crippen molar-refractivity contribution in [1.82, 2.24) is 13.7 Å². The minimum Gasteiger partial charge on any atom is -0.309 e. The van der Waals surface area contributed by atoms with Crippen molar-refractivity contribution in [1.29, 1.82) is 0 Å². The number of fused-ring (bicyclic) bond motifs is 9. The average Bonchev–Trinajstić information content (AvgIpc) is 4.36. The molecule has 3 heterocycles. The molecule has 0 saturated carbocycles. The van der Waals surface area contributed by atoms with Gasteiger partial charge in [-0.2, -0.15) is 0 Å². The van der Waals surface area contributed by atoms with Crippen molar-refractivity contribution in [3.63, 3.8) is 0 Å². The van der Waals surface area contributed by atoms with E-state index in [2.05, 4.69) is 314 Å². The molecule has 15 rings (SSSR count). The highest BCUT2D eigenvalue weighted by Crippen LogP contribution is 2.40. The SMILES string of the molecule is Cc1ccc(-c2ccc(-n3c4ccccc4c4cc(-c5ccc6c(c5)c5ccccc5n6-c5ccccc5)ccc43)cc2)cc1.Cc1ccccc1-c1cc(-c2ccc3c(c2)c2ccccc2n3-c2ccccc2)ccc1C. The Bertz CT molecular complexity index is 4730. The number of para-hydroxylation sites is 5. The van der Waals surface area contributed by atoms with Gasteiger partial charge in [0.25, 0.3) is 0 Å². The van der Waals surface area contributed by atoms with Crippen LogP contribution in [0.1, 0.15) is 16.7 Å². The molecule has 0 aliphatic rings. The van der Waals surface area contributed by atoms with Crippen molar-refractivity contribution in [3.05, 3.63) is 296 Å². The molecule has 0 N–H and O–H groups in total. The Morgan fingerprint density at radius 3 is 0.974 bits per heavy atom. The lowest BCUT2D eigenvalue weighted by atomic mass is 9.92. The molecule has 0 aliphatic heterocycles. The second-order valence-corrected chi connectivity index (χ2v) is 20.7. The Labute approximate surface area is 454 Å². The highest BCUT2D eigenvalue weighted by molar-refractivity contribution is 6.13. The van der Waals surface area contributed by atoms with Crippen LogP contribution < -0.4 is 0 Å². The number of benzene rings is 12. The zero-order valence-electron chi connectivity index (χ0n) is 43.9. The fraction of sp³-hybridized carbons (Fsp3) is 0.0400. The van der Waals surface area contributed by atoms with Gasteiger partial charge in [-0.1, -0.05) is 188 Å². The summed E-state index contributed by atoms with van der Waals surface area (Å²) in [4.78, 5) is 0. The summed E-state index contributed by atoms with van der Waals surface area (Å²) in [6, 6.07) is 101. The van der Waals surface area contributed by atoms with Crippen LogP contribution in [0.2, 0.25) is 0 Å². The van der Waals surface area contributed by atoms with Crippen LogP contribution in [0.3, 0.4) is 0 Å². The smallest absolute Gasteiger partial charge is 0.0541 e. The number of rotatable bonds is 7. The van der Waals surface area contributed by atoms with Crippen molar-refractivity contribution in [3.8, 4) is 61.6 Å². The minimum absolute atomic E-state index is 1.17. The second kappa shape index (κ2) is 19.3. The normalized spacial score (nSPS) is 11.5. The Balaban J connectivity index is 0.000000149. The van der Waals surface area contributed by atoms with Gasteiger partial charge >= 0.3 is 0 Å². The number of hydrogen-bond donors (Lipinski definition) is 0. The summed E-state index contributed by atoms with van der Waals surface area (Å²) in [6.07, 6.45) is 0. The molecule has 3 aromatic heterocycles. The van der Waals surface area contributed by atoms with E-state index in [1.807, 2.05) is 0 Å². The summed E-state index contributed by atoms with van der Waals surface area (Å²) in [5.74, 6) is 0. The maximum Gasteiger partial charge on any atom is 0.0541 e. The quantitative estimate of drug-likeness (QED) is 0.151. The molecule has 0 aliphatic carbocycles. The molecule has 0 amide bonds. The van der Waals surface area contributed by atoms with E-state index in [1.165, 1.54) is 144 Å². The van der Waals surface area contributed by atoms with Crippen LogP contribution in [0.4, 0.5) is 0 Å². The van der Waals surface area contributed by atoms with Gasteiger partial charge in [0.2, 0.25) is 0 Å². The summed E-state index contributed by atoms with van der Waals surface area (Å²) in [5, 5.41) is 7.62. The van der Waals surface area contributed by atoms with Gasteiger partial charge in [-0.15, -0.1) is 0 Å². The van der Waals surface area contributed by atoms with Crippen molar-refractivity contribution in [2.75, 3.05) is 0 Å². The Morgan fingerprint density at radius 1 is 0.205 bits per heavy atom. The third kappa shape index (κ3) is 8.07. The monoisotopic (exact) mass is 997 g/mol. The topological polar surface area (TPSA) is 14.8 Å². The second-order valence-electron chi connectivity index (χ2n) is 20.7. The van der Waals surface area contributed by atoms with Crippen molar-refractivity contribution in [2.24, 2.45) is 0 Å². The van der Waals surface area contributed by atoms with Crippen LogP contribution >= 0.6 is 0 Å². The Hall–Kier alpha value is -9.96. The fourth-order valence-corrected chi connectivity index (χ4v) is 12.0. The zero-order valence-corrected chi connectivity index (χ0v) is 43.9. The third-order valence-corrected chi connectivity index (χ3v) is 15.9. The first kappa shape index (κ1) is 46.6. The molecule has 12 aromatic carbocycles. The third-order valence-electron chi connectivity index (χ3n) is 15.9. The largest absolute Gasteiger partial charge is 0.309 e. The first-order valence-corrected chi connectivity index (χ1v) is 27.0. The van der Waals surface area contributed by atoms with Crippen LogP contribution in [-0.2, 0) is 0 Å². The molecule has 0 unspecified atom stereocenters. The fourth-order valence-electron chi connectivity index (χ4n) is 12.0. The van der Waals surface area contributed by atoms with Crippen LogP contribution in [0.5, 0.6) is 0 Å². The molecule has 0 atom stereocenters. The summed E-state index contributed by atoms with van der Waals surface area (Å²) in [6.45, 7) is 6.51. The highest BCUT2D eigenvalue weighted by Gasteiger charge is 2.18. The predicted molar refractivity (Wildman–Crippen MR) is 332 cm³/mol. The van der Waals surface area contributed by atoms with Gasteiger partial charge in [0, 0.05) is 49.4 Å². The molecule has 370 valence electrons. The van der Waals surface area contributed by atoms with Gasteiger partial charge < -0.3 is 13.7 Å². The van der Waals surface area contributed by atoms with E-state index < -0.39 is 0 Å². The number of hydrogen-bond acceptors (Lipinski definition) is 0. The van der Waals surface area contributed by atoms with E-state index in [-0.39, 0.29) is 0 Å². The van der Waals surface area contributed by atoms with E-state index in [4.69, 9.17) is 0 Å². The number of aromatic nitrogens is 3. The highest BCUT2D eigenvalue weighted by atomic mass is 15.0. The van der Waals surface area contributed by atoms with Crippen LogP contribution in [0.25, 0.3) is 127 Å². The van der Waals surface area contributed by atoms with E-state index in [1.54, 1.807) is 0 Å². The first-order valence-electron chi connectivity index (χ1n) is 27.0. The van der Waals surface area contributed by atoms with E-state index in [0.29, 0.717) is 0 Å². The minimum atomic E-state index is 1.17. The molecule has 0 radical (unpaired) electrons. The first-order chi connectivity index (χ1) is 38.4. The molecule has 78 heavy (non-hydrogen) atoms. The summed E-state index contributed by atoms with van der Waals surface area (Å²) in [7, 11) is 0. The van der Waals surface area contributed by atoms with E-state index in [0.717, 1.165) is 0 Å². The van der Waals surface area contributed by atoms with Crippen LogP contribution in [0, 0.1) is 20.8 Å². The predicted octanol–water partition coefficient (Wildman–Crippen LogP) is 20.3. The van der Waals surface area contributed by atoms with Crippen LogP contribution in [0.15, 0.2) is 279 Å². The Morgan fingerprint density at radius 2 is 0.526 bits per heavy atom. The molecule has 0 saturated heterocycles. The lowest BCUT2D eigenvalue weighted by Crippen LogP contribution is -1.94. The van der Waals surface area contributed by atoms with Crippen LogP contribution in [-0.4, -0.2) is 13.7 Å². The standard InChI is InChI=1S/C43H30N2.C32H25N/c1-29-15-17-30(18-16-29)31-19-23-35(24-20-31)45-41-14-8-6-12-37(41)39-28-33(22-26-43(39)45)32-21-25-42-38(27-32)36-11-5-7-13-40(36)44(42)34-9-3-2-4-10-34;1-22-10-6-7-13-27(22)29-20-24(17-16-23(29)2)25-18-19-32-30(21-25)28-14-8-9-15-31(28)33(32)26-11-4-3-5-12-26/h2-28H,1H3;3-21H,1-2H3. The van der Waals surface area contributed by atoms with Gasteiger partial charge in [0.1, 0.15) is 0 Å². The summed E-state index contributed by atoms with van der Waals surface area (Å²) >= 11 is 0. The molecule has 0 bridgehead atoms. The molecule has 3 heteroatoms. The lowest BCUT2D eigenvalue weighted by Gasteiger charge is -2.12. The Kier molecular flexibility index (Phi) is 11.5.